The number of anilines is 1. The minimum atomic E-state index is -4.46. The van der Waals surface area contributed by atoms with Gasteiger partial charge in [-0.2, -0.15) is 15.0 Å². The number of amides is 2. The van der Waals surface area contributed by atoms with E-state index in [1.165, 1.54) is 32.0 Å². The number of carbonyl (C=O) groups excluding carboxylic acids is 2. The summed E-state index contributed by atoms with van der Waals surface area (Å²) in [5.74, 6) is -2.48. The molecule has 1 heterocycles. The molecule has 1 aromatic heterocycles. The van der Waals surface area contributed by atoms with Crippen LogP contribution in [-0.2, 0) is 19.6 Å². The van der Waals surface area contributed by atoms with Gasteiger partial charge in [-0.1, -0.05) is 12.1 Å². The van der Waals surface area contributed by atoms with Crippen molar-refractivity contribution in [3.8, 4) is 6.01 Å². The van der Waals surface area contributed by atoms with Crippen molar-refractivity contribution in [3.05, 3.63) is 35.7 Å². The quantitative estimate of drug-likeness (QED) is 0.504. The minimum Gasteiger partial charge on any atom is -0.479 e. The van der Waals surface area contributed by atoms with E-state index in [1.807, 2.05) is 0 Å². The Labute approximate surface area is 170 Å². The molecule has 0 aliphatic heterocycles. The molecule has 2 aromatic rings. The van der Waals surface area contributed by atoms with Crippen LogP contribution in [0, 0.1) is 6.92 Å². The van der Waals surface area contributed by atoms with Gasteiger partial charge in [-0.15, -0.1) is 0 Å². The summed E-state index contributed by atoms with van der Waals surface area (Å²) in [7, 11) is -3.38. The van der Waals surface area contributed by atoms with Gasteiger partial charge in [-0.25, -0.2) is 27.5 Å². The van der Waals surface area contributed by atoms with Gasteiger partial charge in [0.15, 0.2) is 6.10 Å². The number of hydrogen-bond donors (Lipinski definition) is 3. The number of ether oxygens (including phenoxy) is 2. The summed E-state index contributed by atoms with van der Waals surface area (Å²) < 4.78 is 36.3. The number of aryl methyl sites for hydroxylation is 1. The third-order valence-electron chi connectivity index (χ3n) is 3.39. The summed E-state index contributed by atoms with van der Waals surface area (Å²) in [4.78, 5) is 45.6. The summed E-state index contributed by atoms with van der Waals surface area (Å²) in [6.45, 7) is 2.67. The number of carboxylic acids is 1. The Morgan fingerprint density at radius 3 is 2.43 bits per heavy atom. The third kappa shape index (κ3) is 5.60. The van der Waals surface area contributed by atoms with Crippen molar-refractivity contribution in [2.75, 3.05) is 12.4 Å². The second-order valence-electron chi connectivity index (χ2n) is 5.63. The number of rotatable bonds is 7. The molecule has 14 heteroatoms. The van der Waals surface area contributed by atoms with Crippen molar-refractivity contribution in [2.24, 2.45) is 0 Å². The summed E-state index contributed by atoms with van der Waals surface area (Å²) in [5, 5.41) is 10.9. The van der Waals surface area contributed by atoms with E-state index < -0.39 is 39.0 Å². The number of aliphatic carboxylic acids is 1. The van der Waals surface area contributed by atoms with Crippen LogP contribution in [0.3, 0.4) is 0 Å². The number of nitrogens with zero attached hydrogens (tertiary/aromatic N) is 3. The van der Waals surface area contributed by atoms with Gasteiger partial charge in [0.05, 0.1) is 12.7 Å². The van der Waals surface area contributed by atoms with Gasteiger partial charge < -0.3 is 14.6 Å². The average molecular weight is 439 g/mol. The van der Waals surface area contributed by atoms with Crippen LogP contribution in [0.4, 0.5) is 10.7 Å². The summed E-state index contributed by atoms with van der Waals surface area (Å²) in [6.07, 6.45) is -1.27. The van der Waals surface area contributed by atoms with Crippen LogP contribution in [0.15, 0.2) is 29.2 Å². The van der Waals surface area contributed by atoms with Crippen LogP contribution in [0.1, 0.15) is 23.1 Å². The fraction of sp³-hybridized carbons (Fsp3) is 0.250. The fourth-order valence-electron chi connectivity index (χ4n) is 2.06. The lowest BCUT2D eigenvalue weighted by Gasteiger charge is -2.12. The molecule has 0 aliphatic rings. The SMILES string of the molecule is COC(=O)c1ccccc1S(=O)(=O)NC(=O)Nc1nc(C)nc(OC(C)C(=O)O)n1. The van der Waals surface area contributed by atoms with E-state index in [-0.39, 0.29) is 23.3 Å². The van der Waals surface area contributed by atoms with Crippen molar-refractivity contribution >= 4 is 33.9 Å². The molecule has 2 rings (SSSR count). The van der Waals surface area contributed by atoms with Gasteiger partial charge >= 0.3 is 24.0 Å². The number of methoxy groups -OCH3 is 1. The molecule has 0 saturated carbocycles. The Balaban J connectivity index is 2.21. The summed E-state index contributed by atoms with van der Waals surface area (Å²) in [6, 6.07) is 3.51. The van der Waals surface area contributed by atoms with Gasteiger partial charge in [0.25, 0.3) is 10.0 Å². The second-order valence-corrected chi connectivity index (χ2v) is 7.29. The molecule has 1 aromatic carbocycles. The van der Waals surface area contributed by atoms with E-state index in [9.17, 15) is 22.8 Å². The topological polar surface area (TPSA) is 187 Å². The Bertz CT molecular complexity index is 1090. The Hall–Kier alpha value is -3.81. The number of esters is 1. The predicted octanol–water partition coefficient (Wildman–Crippen LogP) is 0.329. The van der Waals surface area contributed by atoms with Crippen molar-refractivity contribution < 1.29 is 37.4 Å². The molecular formula is C16H17N5O8S. The molecule has 0 fully saturated rings. The zero-order valence-corrected chi connectivity index (χ0v) is 16.8. The van der Waals surface area contributed by atoms with Crippen LogP contribution >= 0.6 is 0 Å². The smallest absolute Gasteiger partial charge is 0.344 e. The van der Waals surface area contributed by atoms with Gasteiger partial charge in [-0.05, 0) is 26.0 Å². The zero-order valence-electron chi connectivity index (χ0n) is 15.9. The summed E-state index contributed by atoms with van der Waals surface area (Å²) in [5.41, 5.74) is -0.269. The van der Waals surface area contributed by atoms with Crippen molar-refractivity contribution in [1.29, 1.82) is 0 Å². The van der Waals surface area contributed by atoms with E-state index in [2.05, 4.69) is 25.0 Å². The van der Waals surface area contributed by atoms with Gasteiger partial charge in [-0.3, -0.25) is 5.32 Å². The lowest BCUT2D eigenvalue weighted by molar-refractivity contribution is -0.144. The lowest BCUT2D eigenvalue weighted by Crippen LogP contribution is -2.35. The molecule has 0 bridgehead atoms. The average Bonchev–Trinajstić information content (AvgIpc) is 2.66. The first-order valence-corrected chi connectivity index (χ1v) is 9.65. The molecule has 13 nitrogen and oxygen atoms in total. The Kier molecular flexibility index (Phi) is 6.84. The maximum Gasteiger partial charge on any atom is 0.344 e. The monoisotopic (exact) mass is 439 g/mol. The van der Waals surface area contributed by atoms with Gasteiger partial charge in [0, 0.05) is 0 Å². The highest BCUT2D eigenvalue weighted by Crippen LogP contribution is 2.16. The molecule has 160 valence electrons. The molecule has 3 N–H and O–H groups in total. The molecule has 1 unspecified atom stereocenters. The molecule has 2 amide bonds. The second kappa shape index (κ2) is 9.13. The minimum absolute atomic E-state index is 0.0757. The van der Waals surface area contributed by atoms with Crippen LogP contribution in [0.2, 0.25) is 0 Å². The number of carbonyl (C=O) groups is 3. The number of sulfonamides is 1. The first-order valence-electron chi connectivity index (χ1n) is 8.16. The van der Waals surface area contributed by atoms with E-state index in [0.29, 0.717) is 0 Å². The van der Waals surface area contributed by atoms with E-state index in [4.69, 9.17) is 9.84 Å². The van der Waals surface area contributed by atoms with Crippen LogP contribution < -0.4 is 14.8 Å². The lowest BCUT2D eigenvalue weighted by atomic mass is 10.2. The van der Waals surface area contributed by atoms with E-state index >= 15 is 0 Å². The number of carboxylic acid groups (broad SMARTS) is 1. The van der Waals surface area contributed by atoms with Crippen LogP contribution in [0.25, 0.3) is 0 Å². The fourth-order valence-corrected chi connectivity index (χ4v) is 3.16. The standard InChI is InChI=1S/C16H17N5O8S/c1-8(12(22)23)29-16-18-9(2)17-14(20-16)19-15(25)21-30(26,27)11-7-5-4-6-10(11)13(24)28-3/h4-8H,1-3H3,(H,22,23)(H2,17,18,19,20,21,25). The van der Waals surface area contributed by atoms with Crippen LogP contribution in [-0.4, -0.2) is 59.7 Å². The Morgan fingerprint density at radius 2 is 1.80 bits per heavy atom. The first kappa shape index (κ1) is 22.5. The van der Waals surface area contributed by atoms with Gasteiger partial charge in [0.2, 0.25) is 5.95 Å². The van der Waals surface area contributed by atoms with E-state index in [1.54, 1.807) is 4.72 Å². The number of nitrogens with one attached hydrogen (secondary N) is 2. The number of urea groups is 1. The molecule has 1 atom stereocenters. The zero-order chi connectivity index (χ0) is 22.5. The molecule has 0 spiro atoms. The molecule has 0 aliphatic carbocycles. The van der Waals surface area contributed by atoms with Crippen molar-refractivity contribution in [1.82, 2.24) is 19.7 Å². The van der Waals surface area contributed by atoms with Gasteiger partial charge in [0.1, 0.15) is 10.7 Å². The van der Waals surface area contributed by atoms with Crippen molar-refractivity contribution in [3.63, 3.8) is 0 Å². The van der Waals surface area contributed by atoms with Crippen molar-refractivity contribution in [2.45, 2.75) is 24.8 Å². The molecular weight excluding hydrogens is 422 g/mol. The molecule has 30 heavy (non-hydrogen) atoms. The van der Waals surface area contributed by atoms with Crippen LogP contribution in [0.5, 0.6) is 6.01 Å². The highest BCUT2D eigenvalue weighted by molar-refractivity contribution is 7.90. The largest absolute Gasteiger partial charge is 0.479 e. The number of benzene rings is 1. The number of aromatic nitrogens is 3. The highest BCUT2D eigenvalue weighted by Gasteiger charge is 2.25. The molecule has 0 saturated heterocycles. The first-order chi connectivity index (χ1) is 14.0. The molecule has 0 radical (unpaired) electrons. The predicted molar refractivity (Wildman–Crippen MR) is 99.4 cm³/mol. The maximum absolute atomic E-state index is 12.5. The Morgan fingerprint density at radius 1 is 1.13 bits per heavy atom. The third-order valence-corrected chi connectivity index (χ3v) is 4.78. The highest BCUT2D eigenvalue weighted by atomic mass is 32.2. The van der Waals surface area contributed by atoms with E-state index in [0.717, 1.165) is 13.2 Å². The summed E-state index contributed by atoms with van der Waals surface area (Å²) >= 11 is 0. The normalized spacial score (nSPS) is 11.8. The maximum atomic E-state index is 12.5. The number of hydrogen-bond acceptors (Lipinski definition) is 10.